The first-order chi connectivity index (χ1) is 14.2. The molecule has 3 aromatic carbocycles. The van der Waals surface area contributed by atoms with Gasteiger partial charge in [-0.1, -0.05) is 29.8 Å². The van der Waals surface area contributed by atoms with Crippen molar-refractivity contribution in [2.24, 2.45) is 0 Å². The second-order valence-electron chi connectivity index (χ2n) is 6.41. The summed E-state index contributed by atoms with van der Waals surface area (Å²) in [7, 11) is 0. The molecule has 0 fully saturated rings. The minimum absolute atomic E-state index is 0.0838. The molecule has 1 heterocycles. The second-order valence-corrected chi connectivity index (χ2v) is 6.82. The van der Waals surface area contributed by atoms with Crippen molar-refractivity contribution in [3.63, 3.8) is 0 Å². The SMILES string of the molecule is O=C(Nc1ccccc1C(F)(F)F)c1ccc2nc(-c3c(F)cccc3Cl)[nH]c2c1. The van der Waals surface area contributed by atoms with Gasteiger partial charge >= 0.3 is 6.18 Å². The van der Waals surface area contributed by atoms with E-state index < -0.39 is 23.5 Å². The van der Waals surface area contributed by atoms with Gasteiger partial charge in [0, 0.05) is 5.56 Å². The summed E-state index contributed by atoms with van der Waals surface area (Å²) in [5.74, 6) is -1.12. The van der Waals surface area contributed by atoms with E-state index in [0.29, 0.717) is 11.0 Å². The Morgan fingerprint density at radius 2 is 1.80 bits per heavy atom. The minimum Gasteiger partial charge on any atom is -0.338 e. The number of alkyl halides is 3. The van der Waals surface area contributed by atoms with Gasteiger partial charge in [-0.05, 0) is 42.5 Å². The number of benzene rings is 3. The molecule has 1 aromatic heterocycles. The summed E-state index contributed by atoms with van der Waals surface area (Å²) >= 11 is 6.06. The number of H-pyrrole nitrogens is 1. The Hall–Kier alpha value is -3.39. The standard InChI is InChI=1S/C21H12ClF4N3O/c22-13-5-3-6-14(23)18(13)19-27-16-9-8-11(10-17(16)28-19)20(30)29-15-7-2-1-4-12(15)21(24,25)26/h1-10H,(H,27,28)(H,29,30). The van der Waals surface area contributed by atoms with Crippen LogP contribution in [0.4, 0.5) is 23.2 Å². The fraction of sp³-hybridized carbons (Fsp3) is 0.0476. The Labute approximate surface area is 172 Å². The molecule has 0 aliphatic carbocycles. The van der Waals surface area contributed by atoms with Gasteiger partial charge in [0.1, 0.15) is 11.6 Å². The van der Waals surface area contributed by atoms with Crippen LogP contribution < -0.4 is 5.32 Å². The highest BCUT2D eigenvalue weighted by Crippen LogP contribution is 2.35. The molecule has 0 aliphatic heterocycles. The van der Waals surface area contributed by atoms with Crippen LogP contribution >= 0.6 is 11.6 Å². The van der Waals surface area contributed by atoms with Crippen molar-refractivity contribution in [3.05, 3.63) is 82.6 Å². The van der Waals surface area contributed by atoms with Crippen LogP contribution in [0.3, 0.4) is 0 Å². The Balaban J connectivity index is 1.67. The largest absolute Gasteiger partial charge is 0.418 e. The lowest BCUT2D eigenvalue weighted by molar-refractivity contribution is -0.136. The van der Waals surface area contributed by atoms with Crippen molar-refractivity contribution >= 4 is 34.2 Å². The number of hydrogen-bond acceptors (Lipinski definition) is 2. The normalized spacial score (nSPS) is 11.6. The quantitative estimate of drug-likeness (QED) is 0.373. The number of nitrogens with zero attached hydrogens (tertiary/aromatic N) is 1. The lowest BCUT2D eigenvalue weighted by Crippen LogP contribution is -2.16. The Morgan fingerprint density at radius 3 is 2.53 bits per heavy atom. The summed E-state index contributed by atoms with van der Waals surface area (Å²) in [6.45, 7) is 0. The molecule has 4 aromatic rings. The number of fused-ring (bicyclic) bond motifs is 1. The molecule has 0 saturated carbocycles. The summed E-state index contributed by atoms with van der Waals surface area (Å²) in [5, 5.41) is 2.44. The number of carbonyl (C=O) groups is 1. The molecular formula is C21H12ClF4N3O. The number of amides is 1. The average molecular weight is 434 g/mol. The molecule has 0 atom stereocenters. The third kappa shape index (κ3) is 3.73. The molecule has 0 spiro atoms. The molecule has 0 unspecified atom stereocenters. The number of aromatic nitrogens is 2. The van der Waals surface area contributed by atoms with Crippen LogP contribution in [-0.4, -0.2) is 15.9 Å². The van der Waals surface area contributed by atoms with Crippen molar-refractivity contribution in [2.75, 3.05) is 5.32 Å². The van der Waals surface area contributed by atoms with Crippen molar-refractivity contribution in [1.82, 2.24) is 9.97 Å². The zero-order chi connectivity index (χ0) is 21.5. The third-order valence-corrected chi connectivity index (χ3v) is 4.74. The molecule has 30 heavy (non-hydrogen) atoms. The van der Waals surface area contributed by atoms with E-state index in [0.717, 1.165) is 6.07 Å². The number of halogens is 5. The summed E-state index contributed by atoms with van der Waals surface area (Å²) < 4.78 is 53.5. The fourth-order valence-electron chi connectivity index (χ4n) is 3.03. The number of aromatic amines is 1. The summed E-state index contributed by atoms with van der Waals surface area (Å²) in [6, 6.07) is 13.3. The van der Waals surface area contributed by atoms with Crippen molar-refractivity contribution in [3.8, 4) is 11.4 Å². The second kappa shape index (κ2) is 7.46. The Morgan fingerprint density at radius 1 is 1.03 bits per heavy atom. The molecule has 0 saturated heterocycles. The molecular weight excluding hydrogens is 422 g/mol. The van der Waals surface area contributed by atoms with Crippen LogP contribution in [0.25, 0.3) is 22.4 Å². The number of para-hydroxylation sites is 1. The van der Waals surface area contributed by atoms with E-state index in [1.165, 1.54) is 54.6 Å². The average Bonchev–Trinajstić information content (AvgIpc) is 3.10. The Bertz CT molecular complexity index is 1250. The van der Waals surface area contributed by atoms with Gasteiger partial charge in [0.2, 0.25) is 0 Å². The van der Waals surface area contributed by atoms with E-state index in [4.69, 9.17) is 11.6 Å². The zero-order valence-corrected chi connectivity index (χ0v) is 15.8. The summed E-state index contributed by atoms with van der Waals surface area (Å²) in [5.41, 5.74) is -0.261. The maximum absolute atomic E-state index is 14.1. The summed E-state index contributed by atoms with van der Waals surface area (Å²) in [6.07, 6.45) is -4.61. The van der Waals surface area contributed by atoms with Gasteiger partial charge in [-0.2, -0.15) is 13.2 Å². The first-order valence-electron chi connectivity index (χ1n) is 8.66. The number of imidazole rings is 1. The van der Waals surface area contributed by atoms with E-state index in [-0.39, 0.29) is 27.7 Å². The van der Waals surface area contributed by atoms with E-state index >= 15 is 0 Å². The minimum atomic E-state index is -4.61. The van der Waals surface area contributed by atoms with Gasteiger partial charge in [0.05, 0.1) is 32.9 Å². The van der Waals surface area contributed by atoms with E-state index in [1.54, 1.807) is 0 Å². The highest BCUT2D eigenvalue weighted by atomic mass is 35.5. The third-order valence-electron chi connectivity index (χ3n) is 4.42. The van der Waals surface area contributed by atoms with Crippen LogP contribution in [0.2, 0.25) is 5.02 Å². The van der Waals surface area contributed by atoms with Gasteiger partial charge in [-0.25, -0.2) is 9.37 Å². The molecule has 2 N–H and O–H groups in total. The molecule has 152 valence electrons. The molecule has 0 radical (unpaired) electrons. The maximum atomic E-state index is 14.1. The maximum Gasteiger partial charge on any atom is 0.418 e. The number of anilines is 1. The van der Waals surface area contributed by atoms with Gasteiger partial charge in [0.15, 0.2) is 0 Å². The smallest absolute Gasteiger partial charge is 0.338 e. The molecule has 4 nitrogen and oxygen atoms in total. The van der Waals surface area contributed by atoms with Gasteiger partial charge in [-0.15, -0.1) is 0 Å². The van der Waals surface area contributed by atoms with Gasteiger partial charge in [-0.3, -0.25) is 4.79 Å². The van der Waals surface area contributed by atoms with Gasteiger partial charge < -0.3 is 10.3 Å². The van der Waals surface area contributed by atoms with Crippen LogP contribution in [0.1, 0.15) is 15.9 Å². The lowest BCUT2D eigenvalue weighted by atomic mass is 10.1. The van der Waals surface area contributed by atoms with E-state index in [1.807, 2.05) is 0 Å². The zero-order valence-electron chi connectivity index (χ0n) is 15.0. The summed E-state index contributed by atoms with van der Waals surface area (Å²) in [4.78, 5) is 19.7. The molecule has 0 bridgehead atoms. The fourth-order valence-corrected chi connectivity index (χ4v) is 3.28. The van der Waals surface area contributed by atoms with Crippen molar-refractivity contribution in [1.29, 1.82) is 0 Å². The highest BCUT2D eigenvalue weighted by molar-refractivity contribution is 6.33. The monoisotopic (exact) mass is 433 g/mol. The highest BCUT2D eigenvalue weighted by Gasteiger charge is 2.33. The van der Waals surface area contributed by atoms with Crippen LogP contribution in [0.5, 0.6) is 0 Å². The molecule has 1 amide bonds. The Kier molecular flexibility index (Phi) is 4.95. The number of hydrogen-bond donors (Lipinski definition) is 2. The topological polar surface area (TPSA) is 57.8 Å². The van der Waals surface area contributed by atoms with Gasteiger partial charge in [0.25, 0.3) is 5.91 Å². The predicted molar refractivity (Wildman–Crippen MR) is 106 cm³/mol. The number of carbonyl (C=O) groups excluding carboxylic acids is 1. The van der Waals surface area contributed by atoms with E-state index in [9.17, 15) is 22.4 Å². The number of rotatable bonds is 3. The molecule has 9 heteroatoms. The lowest BCUT2D eigenvalue weighted by Gasteiger charge is -2.13. The van der Waals surface area contributed by atoms with Crippen LogP contribution in [0.15, 0.2) is 60.7 Å². The predicted octanol–water partition coefficient (Wildman–Crippen LogP) is 6.29. The van der Waals surface area contributed by atoms with Crippen molar-refractivity contribution < 1.29 is 22.4 Å². The van der Waals surface area contributed by atoms with Crippen molar-refractivity contribution in [2.45, 2.75) is 6.18 Å². The molecule has 4 rings (SSSR count). The number of nitrogens with one attached hydrogen (secondary N) is 2. The van der Waals surface area contributed by atoms with Crippen LogP contribution in [-0.2, 0) is 6.18 Å². The van der Waals surface area contributed by atoms with E-state index in [2.05, 4.69) is 15.3 Å². The first-order valence-corrected chi connectivity index (χ1v) is 9.03. The van der Waals surface area contributed by atoms with Crippen LogP contribution in [0, 0.1) is 5.82 Å². The molecule has 0 aliphatic rings. The first kappa shape index (κ1) is 19.9.